The number of benzene rings is 1. The molecule has 0 aliphatic heterocycles. The Morgan fingerprint density at radius 1 is 1.24 bits per heavy atom. The second-order valence-electron chi connectivity index (χ2n) is 4.85. The smallest absolute Gasteiger partial charge is 0.230 e. The minimum atomic E-state index is 0.321. The molecule has 108 valence electrons. The van der Waals surface area contributed by atoms with Gasteiger partial charge in [-0.2, -0.15) is 0 Å². The number of nitrogens with two attached hydrogens (primary N) is 1. The first-order chi connectivity index (χ1) is 10.1. The maximum atomic E-state index is 5.98. The number of aryl methyl sites for hydroxylation is 2. The molecule has 0 fully saturated rings. The van der Waals surface area contributed by atoms with Crippen LogP contribution in [-0.2, 0) is 0 Å². The van der Waals surface area contributed by atoms with Crippen LogP contribution in [0.5, 0.6) is 5.75 Å². The lowest BCUT2D eigenvalue weighted by atomic mass is 10.0. The second-order valence-corrected chi connectivity index (χ2v) is 6.11. The summed E-state index contributed by atoms with van der Waals surface area (Å²) in [6, 6.07) is 9.84. The van der Waals surface area contributed by atoms with Crippen molar-refractivity contribution < 1.29 is 9.26 Å². The highest BCUT2D eigenvalue weighted by molar-refractivity contribution is 7.15. The minimum Gasteiger partial charge on any atom is -0.497 e. The Kier molecular flexibility index (Phi) is 3.43. The van der Waals surface area contributed by atoms with E-state index in [2.05, 4.69) is 25.1 Å². The average Bonchev–Trinajstić information content (AvgIpc) is 3.02. The van der Waals surface area contributed by atoms with E-state index in [4.69, 9.17) is 15.0 Å². The molecule has 2 aromatic heterocycles. The molecule has 0 aliphatic rings. The quantitative estimate of drug-likeness (QED) is 0.784. The number of nitrogens with zero attached hydrogens (tertiary/aromatic N) is 1. The fourth-order valence-corrected chi connectivity index (χ4v) is 3.24. The van der Waals surface area contributed by atoms with E-state index in [1.807, 2.05) is 24.3 Å². The van der Waals surface area contributed by atoms with E-state index < -0.39 is 0 Å². The van der Waals surface area contributed by atoms with Crippen molar-refractivity contribution in [2.45, 2.75) is 13.8 Å². The molecule has 0 unspecified atom stereocenters. The highest BCUT2D eigenvalue weighted by Gasteiger charge is 2.19. The molecule has 0 saturated heterocycles. The molecular formula is C16H16N2O2S. The van der Waals surface area contributed by atoms with Gasteiger partial charge < -0.3 is 15.0 Å². The summed E-state index contributed by atoms with van der Waals surface area (Å²) < 4.78 is 10.5. The summed E-state index contributed by atoms with van der Waals surface area (Å²) in [6.07, 6.45) is 0. The molecule has 4 nitrogen and oxygen atoms in total. The van der Waals surface area contributed by atoms with Crippen LogP contribution in [-0.4, -0.2) is 12.3 Å². The Bertz CT molecular complexity index is 770. The standard InChI is InChI=1S/C16H16N2O2S/c1-9-7-13(21-10(9)2)15-14(16(17)20-18-15)11-5-4-6-12(8-11)19-3/h4-8H,17H2,1-3H3. The van der Waals surface area contributed by atoms with E-state index in [0.717, 1.165) is 27.4 Å². The van der Waals surface area contributed by atoms with Crippen LogP contribution >= 0.6 is 11.3 Å². The Morgan fingerprint density at radius 2 is 2.05 bits per heavy atom. The van der Waals surface area contributed by atoms with Gasteiger partial charge in [-0.25, -0.2) is 0 Å². The number of hydrogen-bond acceptors (Lipinski definition) is 5. The molecule has 3 rings (SSSR count). The number of nitrogen functional groups attached to an aromatic ring is 1. The van der Waals surface area contributed by atoms with Gasteiger partial charge in [0.05, 0.1) is 17.6 Å². The molecule has 21 heavy (non-hydrogen) atoms. The molecule has 1 aromatic carbocycles. The third kappa shape index (κ3) is 2.40. The van der Waals surface area contributed by atoms with Crippen molar-refractivity contribution in [3.05, 3.63) is 40.8 Å². The molecular weight excluding hydrogens is 284 g/mol. The minimum absolute atomic E-state index is 0.321. The van der Waals surface area contributed by atoms with Crippen molar-refractivity contribution in [1.29, 1.82) is 0 Å². The van der Waals surface area contributed by atoms with Crippen LogP contribution in [0.15, 0.2) is 34.9 Å². The number of anilines is 1. The first-order valence-electron chi connectivity index (χ1n) is 6.57. The van der Waals surface area contributed by atoms with Gasteiger partial charge in [0.25, 0.3) is 0 Å². The van der Waals surface area contributed by atoms with E-state index in [-0.39, 0.29) is 0 Å². The van der Waals surface area contributed by atoms with Crippen LogP contribution in [0, 0.1) is 13.8 Å². The maximum Gasteiger partial charge on any atom is 0.230 e. The van der Waals surface area contributed by atoms with Crippen molar-refractivity contribution in [3.63, 3.8) is 0 Å². The average molecular weight is 300 g/mol. The summed E-state index contributed by atoms with van der Waals surface area (Å²) in [7, 11) is 1.64. The van der Waals surface area contributed by atoms with Gasteiger partial charge in [-0.05, 0) is 43.2 Å². The fourth-order valence-electron chi connectivity index (χ4n) is 2.22. The molecule has 0 atom stereocenters. The van der Waals surface area contributed by atoms with Crippen molar-refractivity contribution >= 4 is 17.2 Å². The van der Waals surface area contributed by atoms with Gasteiger partial charge in [0, 0.05) is 4.88 Å². The van der Waals surface area contributed by atoms with E-state index in [0.29, 0.717) is 5.88 Å². The third-order valence-electron chi connectivity index (χ3n) is 3.48. The number of hydrogen-bond donors (Lipinski definition) is 1. The summed E-state index contributed by atoms with van der Waals surface area (Å²) in [5, 5.41) is 4.14. The van der Waals surface area contributed by atoms with Crippen molar-refractivity contribution in [2.24, 2.45) is 0 Å². The Labute approximate surface area is 127 Å². The number of thiophene rings is 1. The van der Waals surface area contributed by atoms with Gasteiger partial charge in [0.2, 0.25) is 5.88 Å². The molecule has 0 aliphatic carbocycles. The zero-order chi connectivity index (χ0) is 15.0. The van der Waals surface area contributed by atoms with Crippen molar-refractivity contribution in [3.8, 4) is 27.4 Å². The maximum absolute atomic E-state index is 5.98. The molecule has 0 bridgehead atoms. The van der Waals surface area contributed by atoms with Crippen LogP contribution in [0.25, 0.3) is 21.7 Å². The highest BCUT2D eigenvalue weighted by atomic mass is 32.1. The Hall–Kier alpha value is -2.27. The lowest BCUT2D eigenvalue weighted by Gasteiger charge is -2.04. The van der Waals surface area contributed by atoms with Gasteiger partial charge in [0.15, 0.2) is 0 Å². The SMILES string of the molecule is COc1cccc(-c2c(-c3cc(C)c(C)s3)noc2N)c1. The number of methoxy groups -OCH3 is 1. The molecule has 0 saturated carbocycles. The topological polar surface area (TPSA) is 61.3 Å². The Balaban J connectivity index is 2.16. The summed E-state index contributed by atoms with van der Waals surface area (Å²) in [5.41, 5.74) is 9.76. The monoisotopic (exact) mass is 300 g/mol. The normalized spacial score (nSPS) is 10.8. The van der Waals surface area contributed by atoms with E-state index >= 15 is 0 Å². The van der Waals surface area contributed by atoms with Crippen LogP contribution in [0.1, 0.15) is 10.4 Å². The van der Waals surface area contributed by atoms with Gasteiger partial charge in [-0.1, -0.05) is 17.3 Å². The van der Waals surface area contributed by atoms with Crippen LogP contribution < -0.4 is 10.5 Å². The predicted molar refractivity (Wildman–Crippen MR) is 85.7 cm³/mol. The van der Waals surface area contributed by atoms with E-state index in [1.165, 1.54) is 10.4 Å². The molecule has 5 heteroatoms. The van der Waals surface area contributed by atoms with Crippen molar-refractivity contribution in [2.75, 3.05) is 12.8 Å². The largest absolute Gasteiger partial charge is 0.497 e. The first kappa shape index (κ1) is 13.7. The van der Waals surface area contributed by atoms with E-state index in [1.54, 1.807) is 18.4 Å². The number of aromatic nitrogens is 1. The first-order valence-corrected chi connectivity index (χ1v) is 7.38. The van der Waals surface area contributed by atoms with Crippen molar-refractivity contribution in [1.82, 2.24) is 5.16 Å². The van der Waals surface area contributed by atoms with E-state index in [9.17, 15) is 0 Å². The van der Waals surface area contributed by atoms with Gasteiger partial charge >= 0.3 is 0 Å². The predicted octanol–water partition coefficient (Wildman–Crippen LogP) is 4.28. The zero-order valence-electron chi connectivity index (χ0n) is 12.1. The third-order valence-corrected chi connectivity index (χ3v) is 4.64. The molecule has 2 N–H and O–H groups in total. The molecule has 0 amide bonds. The molecule has 0 radical (unpaired) electrons. The lowest BCUT2D eigenvalue weighted by molar-refractivity contribution is 0.415. The fraction of sp³-hybridized carbons (Fsp3) is 0.188. The number of ether oxygens (including phenoxy) is 1. The summed E-state index contributed by atoms with van der Waals surface area (Å²) >= 11 is 1.69. The Morgan fingerprint density at radius 3 is 2.71 bits per heavy atom. The van der Waals surface area contributed by atoms with Gasteiger partial charge in [-0.15, -0.1) is 11.3 Å². The zero-order valence-corrected chi connectivity index (χ0v) is 13.0. The summed E-state index contributed by atoms with van der Waals surface area (Å²) in [4.78, 5) is 2.33. The summed E-state index contributed by atoms with van der Waals surface area (Å²) in [5.74, 6) is 1.10. The molecule has 0 spiro atoms. The van der Waals surface area contributed by atoms with Crippen LogP contribution in [0.4, 0.5) is 5.88 Å². The number of rotatable bonds is 3. The lowest BCUT2D eigenvalue weighted by Crippen LogP contribution is -1.88. The molecule has 2 heterocycles. The van der Waals surface area contributed by atoms with Gasteiger partial charge in [0.1, 0.15) is 11.4 Å². The highest BCUT2D eigenvalue weighted by Crippen LogP contribution is 2.40. The van der Waals surface area contributed by atoms with Gasteiger partial charge in [-0.3, -0.25) is 0 Å². The molecule has 3 aromatic rings. The van der Waals surface area contributed by atoms with Crippen LogP contribution in [0.3, 0.4) is 0 Å². The summed E-state index contributed by atoms with van der Waals surface area (Å²) in [6.45, 7) is 4.18. The van der Waals surface area contributed by atoms with Crippen LogP contribution in [0.2, 0.25) is 0 Å². The second kappa shape index (κ2) is 5.26.